The monoisotopic (exact) mass is 459 g/mol. The Kier molecular flexibility index (Phi) is 7.92. The van der Waals surface area contributed by atoms with Crippen LogP contribution in [0.15, 0.2) is 59.5 Å². The van der Waals surface area contributed by atoms with Crippen LogP contribution in [0, 0.1) is 5.92 Å². The van der Waals surface area contributed by atoms with Crippen LogP contribution in [-0.4, -0.2) is 51.5 Å². The summed E-state index contributed by atoms with van der Waals surface area (Å²) in [5, 5.41) is 3.06. The van der Waals surface area contributed by atoms with E-state index in [1.54, 1.807) is 12.1 Å². The third kappa shape index (κ3) is 5.88. The number of carbonyl (C=O) groups excluding carboxylic acids is 1. The molecule has 0 aliphatic carbocycles. The lowest BCUT2D eigenvalue weighted by molar-refractivity contribution is -0.124. The summed E-state index contributed by atoms with van der Waals surface area (Å²) in [5.41, 5.74) is 1.24. The maximum Gasteiger partial charge on any atom is 0.241 e. The molecule has 8 heteroatoms. The molecule has 2 aromatic rings. The Labute approximate surface area is 191 Å². The fourth-order valence-electron chi connectivity index (χ4n) is 3.97. The SMILES string of the molecule is COc1ccc(S(=O)(=O)N[C@H](C(=O)NC2CCN(C(C)c3ccccc3)C2)C(C)C)cc1. The van der Waals surface area contributed by atoms with Gasteiger partial charge in [-0.2, -0.15) is 4.72 Å². The lowest BCUT2D eigenvalue weighted by Gasteiger charge is -2.26. The molecule has 2 unspecified atom stereocenters. The van der Waals surface area contributed by atoms with Gasteiger partial charge in [-0.05, 0) is 49.1 Å². The van der Waals surface area contributed by atoms with Crippen molar-refractivity contribution in [3.63, 3.8) is 0 Å². The number of nitrogens with zero attached hydrogens (tertiary/aromatic N) is 1. The molecule has 0 bridgehead atoms. The van der Waals surface area contributed by atoms with Gasteiger partial charge in [-0.15, -0.1) is 0 Å². The van der Waals surface area contributed by atoms with Gasteiger partial charge in [-0.1, -0.05) is 44.2 Å². The van der Waals surface area contributed by atoms with E-state index in [4.69, 9.17) is 4.74 Å². The number of ether oxygens (including phenoxy) is 1. The van der Waals surface area contributed by atoms with E-state index in [1.165, 1.54) is 24.8 Å². The van der Waals surface area contributed by atoms with E-state index in [2.05, 4.69) is 34.0 Å². The van der Waals surface area contributed by atoms with E-state index in [-0.39, 0.29) is 28.8 Å². The zero-order valence-electron chi connectivity index (χ0n) is 19.1. The quantitative estimate of drug-likeness (QED) is 0.602. The van der Waals surface area contributed by atoms with Crippen molar-refractivity contribution in [2.75, 3.05) is 20.2 Å². The molecule has 1 heterocycles. The Bertz CT molecular complexity index is 994. The minimum atomic E-state index is -3.85. The largest absolute Gasteiger partial charge is 0.497 e. The fraction of sp³-hybridized carbons (Fsp3) is 0.458. The van der Waals surface area contributed by atoms with E-state index in [0.29, 0.717) is 5.75 Å². The molecule has 2 N–H and O–H groups in total. The molecule has 0 spiro atoms. The highest BCUT2D eigenvalue weighted by Crippen LogP contribution is 2.24. The highest BCUT2D eigenvalue weighted by Gasteiger charge is 2.33. The van der Waals surface area contributed by atoms with Crippen LogP contribution in [-0.2, 0) is 14.8 Å². The zero-order chi connectivity index (χ0) is 23.3. The lowest BCUT2D eigenvalue weighted by Crippen LogP contribution is -2.52. The maximum atomic E-state index is 13.0. The van der Waals surface area contributed by atoms with E-state index in [9.17, 15) is 13.2 Å². The van der Waals surface area contributed by atoms with Gasteiger partial charge in [0.2, 0.25) is 15.9 Å². The van der Waals surface area contributed by atoms with Crippen LogP contribution in [0.1, 0.15) is 38.8 Å². The minimum Gasteiger partial charge on any atom is -0.497 e. The summed E-state index contributed by atoms with van der Waals surface area (Å²) in [7, 11) is -2.33. The van der Waals surface area contributed by atoms with Gasteiger partial charge in [0.1, 0.15) is 11.8 Å². The van der Waals surface area contributed by atoms with E-state index < -0.39 is 16.1 Å². The molecule has 0 saturated carbocycles. The number of hydrogen-bond donors (Lipinski definition) is 2. The van der Waals surface area contributed by atoms with Crippen molar-refractivity contribution >= 4 is 15.9 Å². The number of hydrogen-bond acceptors (Lipinski definition) is 5. The summed E-state index contributed by atoms with van der Waals surface area (Å²) < 4.78 is 33.4. The number of sulfonamides is 1. The van der Waals surface area contributed by atoms with Crippen molar-refractivity contribution in [2.45, 2.75) is 50.2 Å². The van der Waals surface area contributed by atoms with Gasteiger partial charge < -0.3 is 10.1 Å². The highest BCUT2D eigenvalue weighted by molar-refractivity contribution is 7.89. The Morgan fingerprint density at radius 3 is 2.31 bits per heavy atom. The van der Waals surface area contributed by atoms with E-state index >= 15 is 0 Å². The van der Waals surface area contributed by atoms with Crippen LogP contribution >= 0.6 is 0 Å². The second-order valence-electron chi connectivity index (χ2n) is 8.59. The molecule has 0 aromatic heterocycles. The number of likely N-dealkylation sites (tertiary alicyclic amines) is 1. The first-order chi connectivity index (χ1) is 15.2. The second-order valence-corrected chi connectivity index (χ2v) is 10.3. The third-order valence-electron chi connectivity index (χ3n) is 6.00. The van der Waals surface area contributed by atoms with Crippen LogP contribution in [0.3, 0.4) is 0 Å². The molecule has 7 nitrogen and oxygen atoms in total. The average Bonchev–Trinajstić information content (AvgIpc) is 3.25. The van der Waals surface area contributed by atoms with Gasteiger partial charge >= 0.3 is 0 Å². The molecule has 1 aliphatic rings. The molecule has 32 heavy (non-hydrogen) atoms. The van der Waals surface area contributed by atoms with Crippen molar-refractivity contribution in [2.24, 2.45) is 5.92 Å². The zero-order valence-corrected chi connectivity index (χ0v) is 19.9. The van der Waals surface area contributed by atoms with Gasteiger partial charge in [-0.3, -0.25) is 9.69 Å². The molecule has 1 fully saturated rings. The molecule has 1 aliphatic heterocycles. The number of amides is 1. The summed E-state index contributed by atoms with van der Waals surface area (Å²) in [4.78, 5) is 15.5. The summed E-state index contributed by atoms with van der Waals surface area (Å²) in [5.74, 6) is 0.0673. The number of benzene rings is 2. The van der Waals surface area contributed by atoms with Crippen molar-refractivity contribution < 1.29 is 17.9 Å². The molecule has 2 aromatic carbocycles. The lowest BCUT2D eigenvalue weighted by atomic mass is 10.0. The second kappa shape index (κ2) is 10.5. The van der Waals surface area contributed by atoms with Crippen LogP contribution in [0.25, 0.3) is 0 Å². The maximum absolute atomic E-state index is 13.0. The number of carbonyl (C=O) groups is 1. The molecule has 3 atom stereocenters. The number of rotatable bonds is 9. The number of methoxy groups -OCH3 is 1. The van der Waals surface area contributed by atoms with Crippen molar-refractivity contribution in [3.8, 4) is 5.75 Å². The van der Waals surface area contributed by atoms with Gasteiger partial charge in [0, 0.05) is 25.2 Å². The minimum absolute atomic E-state index is 0.0135. The molecule has 3 rings (SSSR count). The van der Waals surface area contributed by atoms with Gasteiger partial charge in [0.25, 0.3) is 0 Å². The first-order valence-corrected chi connectivity index (χ1v) is 12.5. The molecule has 1 saturated heterocycles. The van der Waals surface area contributed by atoms with Gasteiger partial charge in [0.05, 0.1) is 12.0 Å². The fourth-order valence-corrected chi connectivity index (χ4v) is 5.32. The van der Waals surface area contributed by atoms with Gasteiger partial charge in [0.15, 0.2) is 0 Å². The Morgan fingerprint density at radius 1 is 1.06 bits per heavy atom. The predicted molar refractivity (Wildman–Crippen MR) is 125 cm³/mol. The molecule has 0 radical (unpaired) electrons. The topological polar surface area (TPSA) is 87.7 Å². The van der Waals surface area contributed by atoms with E-state index in [1.807, 2.05) is 32.0 Å². The summed E-state index contributed by atoms with van der Waals surface area (Å²) in [6, 6.07) is 15.8. The third-order valence-corrected chi connectivity index (χ3v) is 7.45. The highest BCUT2D eigenvalue weighted by atomic mass is 32.2. The predicted octanol–water partition coefficient (Wildman–Crippen LogP) is 2.95. The van der Waals surface area contributed by atoms with Crippen molar-refractivity contribution in [1.82, 2.24) is 14.9 Å². The van der Waals surface area contributed by atoms with Crippen LogP contribution in [0.4, 0.5) is 0 Å². The smallest absolute Gasteiger partial charge is 0.241 e. The molecule has 174 valence electrons. The Balaban J connectivity index is 1.63. The Hall–Kier alpha value is -2.42. The van der Waals surface area contributed by atoms with Crippen molar-refractivity contribution in [3.05, 3.63) is 60.2 Å². The molecular formula is C24H33N3O4S. The first kappa shape index (κ1) is 24.2. The summed E-state index contributed by atoms with van der Waals surface area (Å²) in [6.45, 7) is 7.45. The molecule has 1 amide bonds. The normalized spacial score (nSPS) is 19.0. The average molecular weight is 460 g/mol. The van der Waals surface area contributed by atoms with E-state index in [0.717, 1.165) is 19.5 Å². The van der Waals surface area contributed by atoms with Crippen molar-refractivity contribution in [1.29, 1.82) is 0 Å². The standard InChI is InChI=1S/C24H33N3O4S/c1-17(2)23(26-32(29,30)22-12-10-21(31-4)11-13-22)24(28)25-20-14-15-27(16-20)18(3)19-8-6-5-7-9-19/h5-13,17-18,20,23,26H,14-16H2,1-4H3,(H,25,28)/t18?,20?,23-/m0/s1. The van der Waals surface area contributed by atoms with Crippen LogP contribution in [0.2, 0.25) is 0 Å². The first-order valence-electron chi connectivity index (χ1n) is 11.0. The van der Waals surface area contributed by atoms with Gasteiger partial charge in [-0.25, -0.2) is 8.42 Å². The Morgan fingerprint density at radius 2 is 1.72 bits per heavy atom. The summed E-state index contributed by atoms with van der Waals surface area (Å²) >= 11 is 0. The molecular weight excluding hydrogens is 426 g/mol. The summed E-state index contributed by atoms with van der Waals surface area (Å²) in [6.07, 6.45) is 0.832. The number of nitrogens with one attached hydrogen (secondary N) is 2. The van der Waals surface area contributed by atoms with Crippen LogP contribution in [0.5, 0.6) is 5.75 Å². The van der Waals surface area contributed by atoms with Crippen LogP contribution < -0.4 is 14.8 Å².